The Morgan fingerprint density at radius 3 is 2.69 bits per heavy atom. The van der Waals surface area contributed by atoms with Crippen molar-refractivity contribution in [3.8, 4) is 0 Å². The first-order chi connectivity index (χ1) is 13.7. The second-order valence-electron chi connectivity index (χ2n) is 8.97. The zero-order valence-corrected chi connectivity index (χ0v) is 18.5. The number of aromatic nitrogens is 3. The van der Waals surface area contributed by atoms with Crippen molar-refractivity contribution >= 4 is 11.7 Å². The largest absolute Gasteiger partial charge is 0.348 e. The number of hydrogen-bond acceptors (Lipinski definition) is 4. The summed E-state index contributed by atoms with van der Waals surface area (Å²) in [5, 5.41) is 0. The molecule has 2 heterocycles. The summed E-state index contributed by atoms with van der Waals surface area (Å²) in [4.78, 5) is 36.1. The molecule has 156 valence electrons. The lowest BCUT2D eigenvalue weighted by Gasteiger charge is -2.30. The Hall–Kier alpha value is -2.50. The number of Topliss-reactive ketones (excluding diaryl/α,β-unsaturated/α-hetero) is 1. The molecule has 0 unspecified atom stereocenters. The first-order valence-electron chi connectivity index (χ1n) is 10.4. The van der Waals surface area contributed by atoms with E-state index in [0.717, 1.165) is 47.6 Å². The predicted octanol–water partition coefficient (Wildman–Crippen LogP) is 3.91. The Balaban J connectivity index is 1.93. The number of likely N-dealkylation sites (N-methyl/N-ethyl adjacent to an activating group) is 1. The summed E-state index contributed by atoms with van der Waals surface area (Å²) in [6.45, 7) is 11.3. The number of nitrogens with zero attached hydrogens (tertiary/aromatic N) is 4. The number of carbonyl (C=O) groups is 2. The van der Waals surface area contributed by atoms with E-state index in [-0.39, 0.29) is 29.6 Å². The molecule has 2 aromatic heterocycles. The molecule has 6 nitrogen and oxygen atoms in total. The number of carbonyl (C=O) groups excluding carboxylic acids is 2. The standard InChI is InChI=1S/C23H32N4O2/c1-7-10-27-15(2)17(22-19(27)12-23(4,5)13-20(22)28)11-21(29)26(6)16(3)18-8-9-24-14-25-18/h8-9,14,16H,7,10-13H2,1-6H3/t16-/m1/s1. The SMILES string of the molecule is CCCn1c(C)c(CC(=O)N(C)[C@H](C)c2ccncn2)c2c1CC(C)(C)CC2=O. The predicted molar refractivity (Wildman–Crippen MR) is 113 cm³/mol. The van der Waals surface area contributed by atoms with Gasteiger partial charge in [-0.25, -0.2) is 9.97 Å². The van der Waals surface area contributed by atoms with Crippen molar-refractivity contribution in [3.63, 3.8) is 0 Å². The maximum absolute atomic E-state index is 13.1. The maximum Gasteiger partial charge on any atom is 0.227 e. The first-order valence-corrected chi connectivity index (χ1v) is 10.4. The van der Waals surface area contributed by atoms with E-state index in [9.17, 15) is 9.59 Å². The van der Waals surface area contributed by atoms with Crippen molar-refractivity contribution in [2.24, 2.45) is 5.41 Å². The van der Waals surface area contributed by atoms with Crippen LogP contribution in [0.15, 0.2) is 18.6 Å². The first kappa shape index (κ1) is 21.2. The van der Waals surface area contributed by atoms with Gasteiger partial charge in [0.05, 0.1) is 18.2 Å². The summed E-state index contributed by atoms with van der Waals surface area (Å²) in [6.07, 6.45) is 5.82. The number of rotatable bonds is 6. The molecule has 0 N–H and O–H groups in total. The zero-order chi connectivity index (χ0) is 21.3. The summed E-state index contributed by atoms with van der Waals surface area (Å²) in [5.74, 6) is 0.164. The molecule has 1 aliphatic carbocycles. The zero-order valence-electron chi connectivity index (χ0n) is 18.5. The van der Waals surface area contributed by atoms with Gasteiger partial charge in [-0.2, -0.15) is 0 Å². The van der Waals surface area contributed by atoms with Crippen LogP contribution in [0.5, 0.6) is 0 Å². The van der Waals surface area contributed by atoms with Gasteiger partial charge in [0.2, 0.25) is 5.91 Å². The second kappa shape index (κ2) is 8.09. The molecule has 0 fully saturated rings. The van der Waals surface area contributed by atoms with Crippen molar-refractivity contribution in [2.75, 3.05) is 7.05 Å². The molecule has 0 radical (unpaired) electrons. The molecule has 1 atom stereocenters. The Bertz CT molecular complexity index is 915. The van der Waals surface area contributed by atoms with E-state index in [1.807, 2.05) is 19.9 Å². The molecule has 1 aliphatic rings. The van der Waals surface area contributed by atoms with Gasteiger partial charge in [0.25, 0.3) is 0 Å². The average molecular weight is 397 g/mol. The van der Waals surface area contributed by atoms with Gasteiger partial charge < -0.3 is 9.47 Å². The minimum absolute atomic E-state index is 0.00621. The summed E-state index contributed by atoms with van der Waals surface area (Å²) in [6, 6.07) is 1.67. The highest BCUT2D eigenvalue weighted by Gasteiger charge is 2.37. The van der Waals surface area contributed by atoms with Gasteiger partial charge in [0.15, 0.2) is 5.78 Å². The quantitative estimate of drug-likeness (QED) is 0.742. The van der Waals surface area contributed by atoms with Crippen molar-refractivity contribution in [1.82, 2.24) is 19.4 Å². The molecule has 29 heavy (non-hydrogen) atoms. The maximum atomic E-state index is 13.1. The highest BCUT2D eigenvalue weighted by atomic mass is 16.2. The lowest BCUT2D eigenvalue weighted by atomic mass is 9.75. The fourth-order valence-electron chi connectivity index (χ4n) is 4.39. The second-order valence-corrected chi connectivity index (χ2v) is 8.97. The van der Waals surface area contributed by atoms with E-state index in [1.54, 1.807) is 18.1 Å². The van der Waals surface area contributed by atoms with Crippen LogP contribution in [0.4, 0.5) is 0 Å². The smallest absolute Gasteiger partial charge is 0.227 e. The van der Waals surface area contributed by atoms with E-state index in [4.69, 9.17) is 0 Å². The average Bonchev–Trinajstić information content (AvgIpc) is 2.92. The minimum Gasteiger partial charge on any atom is -0.348 e. The topological polar surface area (TPSA) is 68.1 Å². The van der Waals surface area contributed by atoms with Crippen molar-refractivity contribution < 1.29 is 9.59 Å². The molecule has 0 saturated heterocycles. The van der Waals surface area contributed by atoms with Crippen LogP contribution in [0.1, 0.15) is 79.6 Å². The van der Waals surface area contributed by atoms with Crippen LogP contribution < -0.4 is 0 Å². The van der Waals surface area contributed by atoms with Gasteiger partial charge in [0.1, 0.15) is 6.33 Å². The molecule has 0 bridgehead atoms. The van der Waals surface area contributed by atoms with E-state index < -0.39 is 0 Å². The molecular formula is C23H32N4O2. The van der Waals surface area contributed by atoms with Gasteiger partial charge >= 0.3 is 0 Å². The Kier molecular flexibility index (Phi) is 5.92. The molecule has 3 rings (SSSR count). The van der Waals surface area contributed by atoms with Crippen molar-refractivity contribution in [3.05, 3.63) is 46.8 Å². The summed E-state index contributed by atoms with van der Waals surface area (Å²) in [5.41, 5.74) is 4.63. The van der Waals surface area contributed by atoms with E-state index in [2.05, 4.69) is 35.3 Å². The molecule has 0 spiro atoms. The van der Waals surface area contributed by atoms with Gasteiger partial charge in [0, 0.05) is 43.2 Å². The third-order valence-corrected chi connectivity index (χ3v) is 6.10. The van der Waals surface area contributed by atoms with Crippen LogP contribution in [0.25, 0.3) is 0 Å². The number of fused-ring (bicyclic) bond motifs is 1. The summed E-state index contributed by atoms with van der Waals surface area (Å²) >= 11 is 0. The van der Waals surface area contributed by atoms with Gasteiger partial charge in [-0.15, -0.1) is 0 Å². The molecule has 0 aliphatic heterocycles. The lowest BCUT2D eigenvalue weighted by molar-refractivity contribution is -0.131. The minimum atomic E-state index is -0.158. The van der Waals surface area contributed by atoms with Crippen molar-refractivity contribution in [1.29, 1.82) is 0 Å². The molecule has 6 heteroatoms. The van der Waals surface area contributed by atoms with Crippen LogP contribution in [-0.4, -0.2) is 38.2 Å². The Morgan fingerprint density at radius 2 is 2.07 bits per heavy atom. The highest BCUT2D eigenvalue weighted by molar-refractivity contribution is 6.01. The number of hydrogen-bond donors (Lipinski definition) is 0. The van der Waals surface area contributed by atoms with E-state index in [0.29, 0.717) is 6.42 Å². The highest BCUT2D eigenvalue weighted by Crippen LogP contribution is 2.39. The molecule has 0 aromatic carbocycles. The van der Waals surface area contributed by atoms with Crippen LogP contribution in [0.2, 0.25) is 0 Å². The van der Waals surface area contributed by atoms with Crippen LogP contribution >= 0.6 is 0 Å². The monoisotopic (exact) mass is 396 g/mol. The molecule has 1 amide bonds. The molecular weight excluding hydrogens is 364 g/mol. The lowest BCUT2D eigenvalue weighted by Crippen LogP contribution is -2.32. The number of amides is 1. The third-order valence-electron chi connectivity index (χ3n) is 6.10. The third kappa shape index (κ3) is 4.11. The number of ketones is 1. The van der Waals surface area contributed by atoms with Crippen molar-refractivity contribution in [2.45, 2.75) is 72.9 Å². The summed E-state index contributed by atoms with van der Waals surface area (Å²) in [7, 11) is 1.80. The van der Waals surface area contributed by atoms with Crippen LogP contribution in [0.3, 0.4) is 0 Å². The normalized spacial score (nSPS) is 16.4. The fraction of sp³-hybridized carbons (Fsp3) is 0.565. The Labute approximate surface area is 173 Å². The van der Waals surface area contributed by atoms with Gasteiger partial charge in [-0.1, -0.05) is 20.8 Å². The summed E-state index contributed by atoms with van der Waals surface area (Å²) < 4.78 is 2.27. The Morgan fingerprint density at radius 1 is 1.34 bits per heavy atom. The molecule has 0 saturated carbocycles. The van der Waals surface area contributed by atoms with E-state index >= 15 is 0 Å². The van der Waals surface area contributed by atoms with Gasteiger partial charge in [-0.3, -0.25) is 9.59 Å². The van der Waals surface area contributed by atoms with E-state index in [1.165, 1.54) is 6.33 Å². The fourth-order valence-corrected chi connectivity index (χ4v) is 4.39. The van der Waals surface area contributed by atoms with Gasteiger partial charge in [-0.05, 0) is 43.7 Å². The van der Waals surface area contributed by atoms with Crippen LogP contribution in [-0.2, 0) is 24.2 Å². The molecule has 2 aromatic rings. The van der Waals surface area contributed by atoms with Crippen LogP contribution in [0, 0.1) is 12.3 Å².